The summed E-state index contributed by atoms with van der Waals surface area (Å²) in [6, 6.07) is 7.99. The van der Waals surface area contributed by atoms with Gasteiger partial charge in [-0.25, -0.2) is 0 Å². The van der Waals surface area contributed by atoms with Crippen LogP contribution in [0, 0.1) is 11.3 Å². The topological polar surface area (TPSA) is 27.7 Å². The summed E-state index contributed by atoms with van der Waals surface area (Å²) < 4.78 is 19.5. The molecule has 3 aliphatic heterocycles. The van der Waals surface area contributed by atoms with Crippen LogP contribution >= 0.6 is 15.9 Å². The first kappa shape index (κ1) is 15.5. The molecule has 0 aliphatic carbocycles. The summed E-state index contributed by atoms with van der Waals surface area (Å²) in [7, 11) is 0. The molecule has 1 unspecified atom stereocenters. The average Bonchev–Trinajstić information content (AvgIpc) is 2.49. The molecule has 0 aromatic heterocycles. The van der Waals surface area contributed by atoms with Crippen LogP contribution in [-0.2, 0) is 20.2 Å². The standard InChI is InChI=1S/C17H23BrO3/c1-4-5-15-16(12(2)3)10-19-17(21-15,20-11-16)13-6-8-14(18)9-7-13/h6-9,12,15H,4-5,10-11H2,1-3H3. The predicted octanol–water partition coefficient (Wildman–Crippen LogP) is 4.45. The number of ether oxygens (including phenoxy) is 3. The summed E-state index contributed by atoms with van der Waals surface area (Å²) in [5.41, 5.74) is 0.913. The fraction of sp³-hybridized carbons (Fsp3) is 0.647. The molecule has 3 heterocycles. The number of hydrogen-bond acceptors (Lipinski definition) is 3. The Labute approximate surface area is 135 Å². The van der Waals surface area contributed by atoms with E-state index in [9.17, 15) is 0 Å². The summed E-state index contributed by atoms with van der Waals surface area (Å²) in [6.07, 6.45) is 2.34. The summed E-state index contributed by atoms with van der Waals surface area (Å²) >= 11 is 3.46. The molecule has 1 aromatic rings. The van der Waals surface area contributed by atoms with Crippen molar-refractivity contribution in [2.24, 2.45) is 11.3 Å². The van der Waals surface area contributed by atoms with Gasteiger partial charge in [-0.15, -0.1) is 0 Å². The van der Waals surface area contributed by atoms with E-state index in [2.05, 4.69) is 36.7 Å². The van der Waals surface area contributed by atoms with Crippen LogP contribution in [0.25, 0.3) is 0 Å². The quantitative estimate of drug-likeness (QED) is 0.799. The van der Waals surface area contributed by atoms with Gasteiger partial charge in [0.05, 0.1) is 19.3 Å². The molecular weight excluding hydrogens is 332 g/mol. The monoisotopic (exact) mass is 354 g/mol. The van der Waals surface area contributed by atoms with Crippen LogP contribution in [0.2, 0.25) is 0 Å². The molecule has 21 heavy (non-hydrogen) atoms. The highest BCUT2D eigenvalue weighted by molar-refractivity contribution is 9.10. The minimum Gasteiger partial charge on any atom is -0.323 e. The minimum atomic E-state index is -1.02. The maximum Gasteiger partial charge on any atom is 0.312 e. The van der Waals surface area contributed by atoms with Crippen molar-refractivity contribution >= 4 is 15.9 Å². The van der Waals surface area contributed by atoms with E-state index >= 15 is 0 Å². The van der Waals surface area contributed by atoms with E-state index in [0.29, 0.717) is 19.1 Å². The maximum absolute atomic E-state index is 6.34. The van der Waals surface area contributed by atoms with Crippen molar-refractivity contribution in [3.05, 3.63) is 34.3 Å². The highest BCUT2D eigenvalue weighted by Crippen LogP contribution is 2.52. The van der Waals surface area contributed by atoms with Gasteiger partial charge in [0.2, 0.25) is 0 Å². The summed E-state index contributed by atoms with van der Waals surface area (Å²) in [6.45, 7) is 8.07. The number of fused-ring (bicyclic) bond motifs is 3. The van der Waals surface area contributed by atoms with E-state index in [-0.39, 0.29) is 11.5 Å². The van der Waals surface area contributed by atoms with E-state index in [4.69, 9.17) is 14.2 Å². The molecule has 0 amide bonds. The number of halogens is 1. The molecule has 2 bridgehead atoms. The first-order chi connectivity index (χ1) is 10.0. The molecule has 4 rings (SSSR count). The zero-order valence-corrected chi connectivity index (χ0v) is 14.5. The van der Waals surface area contributed by atoms with Gasteiger partial charge in [0.25, 0.3) is 0 Å². The van der Waals surface area contributed by atoms with Gasteiger partial charge >= 0.3 is 5.97 Å². The highest BCUT2D eigenvalue weighted by atomic mass is 79.9. The Morgan fingerprint density at radius 2 is 1.81 bits per heavy atom. The van der Waals surface area contributed by atoms with Gasteiger partial charge in [-0.2, -0.15) is 0 Å². The van der Waals surface area contributed by atoms with Gasteiger partial charge in [0.1, 0.15) is 0 Å². The lowest BCUT2D eigenvalue weighted by Crippen LogP contribution is -2.64. The lowest BCUT2D eigenvalue weighted by Gasteiger charge is -2.58. The van der Waals surface area contributed by atoms with Crippen molar-refractivity contribution in [3.63, 3.8) is 0 Å². The number of benzene rings is 1. The Balaban J connectivity index is 1.92. The molecule has 1 atom stereocenters. The van der Waals surface area contributed by atoms with Crippen LogP contribution in [0.15, 0.2) is 28.7 Å². The van der Waals surface area contributed by atoms with E-state index in [1.54, 1.807) is 0 Å². The Morgan fingerprint density at radius 3 is 2.33 bits per heavy atom. The second-order valence-corrected chi connectivity index (χ2v) is 7.34. The molecule has 4 heteroatoms. The fourth-order valence-corrected chi connectivity index (χ4v) is 3.57. The van der Waals surface area contributed by atoms with Crippen molar-refractivity contribution in [2.75, 3.05) is 13.2 Å². The Hall–Kier alpha value is -0.420. The summed E-state index contributed by atoms with van der Waals surface area (Å²) in [5, 5.41) is 0. The van der Waals surface area contributed by atoms with Gasteiger partial charge in [-0.05, 0) is 36.6 Å². The van der Waals surface area contributed by atoms with Crippen molar-refractivity contribution in [3.8, 4) is 0 Å². The molecule has 116 valence electrons. The van der Waals surface area contributed by atoms with Crippen LogP contribution in [0.3, 0.4) is 0 Å². The summed E-state index contributed by atoms with van der Waals surface area (Å²) in [5.74, 6) is -0.547. The molecule has 3 nitrogen and oxygen atoms in total. The van der Waals surface area contributed by atoms with E-state index in [1.165, 1.54) is 0 Å². The van der Waals surface area contributed by atoms with Gasteiger partial charge in [0, 0.05) is 15.5 Å². The average molecular weight is 355 g/mol. The van der Waals surface area contributed by atoms with Gasteiger partial charge in [0.15, 0.2) is 0 Å². The zero-order chi connectivity index (χ0) is 15.1. The molecule has 0 radical (unpaired) electrons. The second-order valence-electron chi connectivity index (χ2n) is 6.42. The molecule has 1 aromatic carbocycles. The lowest BCUT2D eigenvalue weighted by molar-refractivity contribution is -0.505. The zero-order valence-electron chi connectivity index (χ0n) is 12.9. The van der Waals surface area contributed by atoms with E-state index in [0.717, 1.165) is 22.9 Å². The van der Waals surface area contributed by atoms with Gasteiger partial charge < -0.3 is 14.2 Å². The molecule has 3 fully saturated rings. The van der Waals surface area contributed by atoms with Crippen molar-refractivity contribution in [2.45, 2.75) is 45.7 Å². The van der Waals surface area contributed by atoms with Gasteiger partial charge in [-0.3, -0.25) is 0 Å². The Bertz CT molecular complexity index is 489. The van der Waals surface area contributed by atoms with Gasteiger partial charge in [-0.1, -0.05) is 43.1 Å². The third-order valence-electron chi connectivity index (χ3n) is 4.90. The molecule has 0 spiro atoms. The van der Waals surface area contributed by atoms with Crippen molar-refractivity contribution in [1.82, 2.24) is 0 Å². The SMILES string of the molecule is CCCC1OC2(c3ccc(Br)cc3)OCC1(C(C)C)CO2. The van der Waals surface area contributed by atoms with Crippen molar-refractivity contribution < 1.29 is 14.2 Å². The first-order valence-corrected chi connectivity index (χ1v) is 8.53. The van der Waals surface area contributed by atoms with E-state index in [1.807, 2.05) is 24.3 Å². The van der Waals surface area contributed by atoms with Crippen molar-refractivity contribution in [1.29, 1.82) is 0 Å². The normalized spacial score (nSPS) is 35.4. The number of rotatable bonds is 4. The van der Waals surface area contributed by atoms with Crippen LogP contribution in [0.1, 0.15) is 39.2 Å². The Morgan fingerprint density at radius 1 is 1.19 bits per heavy atom. The Kier molecular flexibility index (Phi) is 4.17. The van der Waals surface area contributed by atoms with Crippen LogP contribution in [0.4, 0.5) is 0 Å². The van der Waals surface area contributed by atoms with E-state index < -0.39 is 5.97 Å². The molecular formula is C17H23BrO3. The third kappa shape index (κ3) is 2.46. The summed E-state index contributed by atoms with van der Waals surface area (Å²) in [4.78, 5) is 0. The fourth-order valence-electron chi connectivity index (χ4n) is 3.30. The smallest absolute Gasteiger partial charge is 0.312 e. The van der Waals surface area contributed by atoms with Crippen LogP contribution in [0.5, 0.6) is 0 Å². The third-order valence-corrected chi connectivity index (χ3v) is 5.43. The maximum atomic E-state index is 6.34. The molecule has 3 saturated heterocycles. The van der Waals surface area contributed by atoms with Crippen LogP contribution in [-0.4, -0.2) is 19.3 Å². The highest BCUT2D eigenvalue weighted by Gasteiger charge is 2.59. The molecule has 3 aliphatic rings. The minimum absolute atomic E-state index is 0.0207. The largest absolute Gasteiger partial charge is 0.323 e. The molecule has 0 N–H and O–H groups in total. The number of hydrogen-bond donors (Lipinski definition) is 0. The van der Waals surface area contributed by atoms with Crippen LogP contribution < -0.4 is 0 Å². The second kappa shape index (κ2) is 5.65. The lowest BCUT2D eigenvalue weighted by atomic mass is 9.70. The molecule has 0 saturated carbocycles. The first-order valence-electron chi connectivity index (χ1n) is 7.74. The predicted molar refractivity (Wildman–Crippen MR) is 84.8 cm³/mol.